The fourth-order valence-electron chi connectivity index (χ4n) is 2.93. The van der Waals surface area contributed by atoms with Gasteiger partial charge >= 0.3 is 0 Å². The Hall–Kier alpha value is -1.61. The monoisotopic (exact) mass is 315 g/mol. The smallest absolute Gasteiger partial charge is 0.261 e. The Balaban J connectivity index is 2.01. The van der Waals surface area contributed by atoms with Gasteiger partial charge in [-0.3, -0.25) is 4.79 Å². The minimum Gasteiger partial charge on any atom is -0.349 e. The van der Waals surface area contributed by atoms with Gasteiger partial charge in [0.15, 0.2) is 0 Å². The number of carbonyl (C=O) groups excluding carboxylic acids is 1. The lowest BCUT2D eigenvalue weighted by Crippen LogP contribution is -2.37. The summed E-state index contributed by atoms with van der Waals surface area (Å²) in [5, 5.41) is 5.15. The molecule has 1 atom stereocenters. The van der Waals surface area contributed by atoms with E-state index in [1.807, 2.05) is 17.5 Å². The largest absolute Gasteiger partial charge is 0.349 e. The summed E-state index contributed by atoms with van der Waals surface area (Å²) in [6, 6.07) is 12.7. The number of rotatable bonds is 6. The minimum absolute atomic E-state index is 0.0387. The first kappa shape index (κ1) is 16.8. The van der Waals surface area contributed by atoms with E-state index in [1.165, 1.54) is 16.9 Å². The summed E-state index contributed by atoms with van der Waals surface area (Å²) in [7, 11) is 0. The minimum atomic E-state index is 0.0387. The highest BCUT2D eigenvalue weighted by molar-refractivity contribution is 7.12. The van der Waals surface area contributed by atoms with Crippen LogP contribution in [-0.2, 0) is 11.8 Å². The molecule has 0 saturated heterocycles. The zero-order chi connectivity index (χ0) is 16.2. The average Bonchev–Trinajstić information content (AvgIpc) is 2.96. The molecule has 0 aliphatic heterocycles. The molecule has 22 heavy (non-hydrogen) atoms. The molecule has 0 aliphatic rings. The third-order valence-electron chi connectivity index (χ3n) is 4.08. The summed E-state index contributed by atoms with van der Waals surface area (Å²) in [5.74, 6) is 0.0585. The number of benzene rings is 1. The molecule has 0 bridgehead atoms. The fraction of sp³-hybridized carbons (Fsp3) is 0.421. The van der Waals surface area contributed by atoms with Crippen LogP contribution in [0.4, 0.5) is 0 Å². The third-order valence-corrected chi connectivity index (χ3v) is 5.04. The van der Waals surface area contributed by atoms with Crippen LogP contribution in [0.3, 0.4) is 0 Å². The van der Waals surface area contributed by atoms with Gasteiger partial charge in [-0.25, -0.2) is 0 Å². The van der Waals surface area contributed by atoms with Crippen molar-refractivity contribution in [3.05, 3.63) is 57.8 Å². The second-order valence-electron chi connectivity index (χ2n) is 6.46. The molecule has 0 unspecified atom stereocenters. The van der Waals surface area contributed by atoms with Crippen molar-refractivity contribution in [3.63, 3.8) is 0 Å². The predicted octanol–water partition coefficient (Wildman–Crippen LogP) is 4.80. The van der Waals surface area contributed by atoms with Gasteiger partial charge in [-0.1, -0.05) is 51.1 Å². The Bertz CT molecular complexity index is 615. The highest BCUT2D eigenvalue weighted by atomic mass is 32.1. The first-order chi connectivity index (χ1) is 10.4. The van der Waals surface area contributed by atoms with Crippen LogP contribution >= 0.6 is 11.3 Å². The predicted molar refractivity (Wildman–Crippen MR) is 94.7 cm³/mol. The van der Waals surface area contributed by atoms with E-state index in [0.717, 1.165) is 23.3 Å². The molecule has 1 aromatic carbocycles. The highest BCUT2D eigenvalue weighted by Gasteiger charge is 2.24. The molecule has 2 rings (SSSR count). The van der Waals surface area contributed by atoms with Crippen LogP contribution in [0.2, 0.25) is 0 Å². The van der Waals surface area contributed by atoms with Gasteiger partial charge in [0.1, 0.15) is 0 Å². The van der Waals surface area contributed by atoms with Gasteiger partial charge in [-0.05, 0) is 47.8 Å². The second-order valence-corrected chi connectivity index (χ2v) is 7.37. The van der Waals surface area contributed by atoms with Gasteiger partial charge in [-0.2, -0.15) is 0 Å². The standard InChI is InChI=1S/C19H25NOS/c1-5-15-11-12-22-17(15)18(21)20-14(2)13-19(3,4)16-9-7-6-8-10-16/h6-12,14H,5,13H2,1-4H3,(H,20,21)/t14-/m0/s1. The lowest BCUT2D eigenvalue weighted by Gasteiger charge is -2.29. The molecule has 1 N–H and O–H groups in total. The molecule has 2 nitrogen and oxygen atoms in total. The molecule has 0 spiro atoms. The summed E-state index contributed by atoms with van der Waals surface area (Å²) in [4.78, 5) is 13.3. The van der Waals surface area contributed by atoms with E-state index in [2.05, 4.69) is 57.3 Å². The molecule has 1 amide bonds. The zero-order valence-electron chi connectivity index (χ0n) is 13.8. The van der Waals surface area contributed by atoms with E-state index in [0.29, 0.717) is 0 Å². The van der Waals surface area contributed by atoms with Gasteiger partial charge in [-0.15, -0.1) is 11.3 Å². The Morgan fingerprint density at radius 3 is 2.55 bits per heavy atom. The molecule has 0 fully saturated rings. The van der Waals surface area contributed by atoms with Crippen molar-refractivity contribution in [1.29, 1.82) is 0 Å². The molecule has 118 valence electrons. The number of nitrogens with one attached hydrogen (secondary N) is 1. The second kappa shape index (κ2) is 7.10. The molecule has 0 saturated carbocycles. The van der Waals surface area contributed by atoms with Crippen molar-refractivity contribution >= 4 is 17.2 Å². The zero-order valence-corrected chi connectivity index (χ0v) is 14.7. The Morgan fingerprint density at radius 1 is 1.23 bits per heavy atom. The summed E-state index contributed by atoms with van der Waals surface area (Å²) >= 11 is 1.53. The number of amides is 1. The maximum Gasteiger partial charge on any atom is 0.261 e. The van der Waals surface area contributed by atoms with Crippen LogP contribution in [-0.4, -0.2) is 11.9 Å². The quantitative estimate of drug-likeness (QED) is 0.815. The van der Waals surface area contributed by atoms with Crippen LogP contribution in [0.5, 0.6) is 0 Å². The van der Waals surface area contributed by atoms with Crippen LogP contribution in [0.25, 0.3) is 0 Å². The van der Waals surface area contributed by atoms with Crippen LogP contribution < -0.4 is 5.32 Å². The van der Waals surface area contributed by atoms with Crippen molar-refractivity contribution in [2.75, 3.05) is 0 Å². The Labute approximate surface area is 137 Å². The first-order valence-corrected chi connectivity index (χ1v) is 8.74. The summed E-state index contributed by atoms with van der Waals surface area (Å²) < 4.78 is 0. The molecule has 3 heteroatoms. The van der Waals surface area contributed by atoms with Crippen LogP contribution in [0.15, 0.2) is 41.8 Å². The molecule has 0 radical (unpaired) electrons. The lowest BCUT2D eigenvalue weighted by molar-refractivity contribution is 0.0938. The fourth-order valence-corrected chi connectivity index (χ4v) is 3.82. The number of thiophene rings is 1. The number of carbonyl (C=O) groups is 1. The van der Waals surface area contributed by atoms with E-state index in [9.17, 15) is 4.79 Å². The normalized spacial score (nSPS) is 12.9. The summed E-state index contributed by atoms with van der Waals surface area (Å²) in [5.41, 5.74) is 2.48. The van der Waals surface area contributed by atoms with E-state index >= 15 is 0 Å². The molecular formula is C19H25NOS. The summed E-state index contributed by atoms with van der Waals surface area (Å²) in [6.07, 6.45) is 1.81. The van der Waals surface area contributed by atoms with Crippen LogP contribution in [0.1, 0.15) is 54.9 Å². The highest BCUT2D eigenvalue weighted by Crippen LogP contribution is 2.28. The molecular weight excluding hydrogens is 290 g/mol. The number of aryl methyl sites for hydroxylation is 1. The topological polar surface area (TPSA) is 29.1 Å². The Morgan fingerprint density at radius 2 is 1.91 bits per heavy atom. The van der Waals surface area contributed by atoms with Crippen molar-refractivity contribution < 1.29 is 4.79 Å². The molecule has 1 aromatic heterocycles. The molecule has 2 aromatic rings. The third kappa shape index (κ3) is 3.98. The SMILES string of the molecule is CCc1ccsc1C(=O)N[C@@H](C)CC(C)(C)c1ccccc1. The van der Waals surface area contributed by atoms with Gasteiger partial charge in [0, 0.05) is 6.04 Å². The van der Waals surface area contributed by atoms with E-state index < -0.39 is 0 Å². The number of hydrogen-bond donors (Lipinski definition) is 1. The first-order valence-electron chi connectivity index (χ1n) is 7.87. The van der Waals surface area contributed by atoms with Crippen LogP contribution in [0, 0.1) is 0 Å². The number of hydrogen-bond acceptors (Lipinski definition) is 2. The Kier molecular flexibility index (Phi) is 5.41. The maximum atomic E-state index is 12.4. The van der Waals surface area contributed by atoms with E-state index in [-0.39, 0.29) is 17.4 Å². The maximum absolute atomic E-state index is 12.4. The van der Waals surface area contributed by atoms with Crippen molar-refractivity contribution in [1.82, 2.24) is 5.32 Å². The molecule has 0 aliphatic carbocycles. The van der Waals surface area contributed by atoms with Gasteiger partial charge in [0.2, 0.25) is 0 Å². The molecule has 1 heterocycles. The van der Waals surface area contributed by atoms with Crippen molar-refractivity contribution in [2.45, 2.75) is 52.0 Å². The van der Waals surface area contributed by atoms with Crippen molar-refractivity contribution in [3.8, 4) is 0 Å². The van der Waals surface area contributed by atoms with Gasteiger partial charge < -0.3 is 5.32 Å². The van der Waals surface area contributed by atoms with E-state index in [4.69, 9.17) is 0 Å². The van der Waals surface area contributed by atoms with Crippen molar-refractivity contribution in [2.24, 2.45) is 0 Å². The summed E-state index contributed by atoms with van der Waals surface area (Å²) in [6.45, 7) is 8.63. The average molecular weight is 315 g/mol. The lowest BCUT2D eigenvalue weighted by atomic mass is 9.79. The van der Waals surface area contributed by atoms with Gasteiger partial charge in [0.05, 0.1) is 4.88 Å². The van der Waals surface area contributed by atoms with Gasteiger partial charge in [0.25, 0.3) is 5.91 Å². The van der Waals surface area contributed by atoms with E-state index in [1.54, 1.807) is 0 Å².